The second-order valence-corrected chi connectivity index (χ2v) is 4.34. The highest BCUT2D eigenvalue weighted by Crippen LogP contribution is 2.45. The van der Waals surface area contributed by atoms with Crippen molar-refractivity contribution in [1.29, 1.82) is 0 Å². The molecule has 0 heterocycles. The minimum absolute atomic E-state index is 0.0363. The zero-order chi connectivity index (χ0) is 11.5. The molecule has 1 rings (SSSR count). The van der Waals surface area contributed by atoms with E-state index in [4.69, 9.17) is 10.9 Å². The van der Waals surface area contributed by atoms with Crippen LogP contribution in [0.5, 0.6) is 0 Å². The molecule has 1 aliphatic rings. The van der Waals surface area contributed by atoms with E-state index in [1.807, 2.05) is 6.92 Å². The van der Waals surface area contributed by atoms with Crippen molar-refractivity contribution in [1.82, 2.24) is 5.32 Å². The molecule has 15 heavy (non-hydrogen) atoms. The van der Waals surface area contributed by atoms with Gasteiger partial charge in [-0.3, -0.25) is 4.79 Å². The fourth-order valence-corrected chi connectivity index (χ4v) is 2.14. The minimum atomic E-state index is -0.761. The first-order valence-electron chi connectivity index (χ1n) is 5.33. The van der Waals surface area contributed by atoms with Crippen LogP contribution < -0.4 is 11.1 Å². The Labute approximate surface area is 89.7 Å². The highest BCUT2D eigenvalue weighted by molar-refractivity contribution is 6.07. The van der Waals surface area contributed by atoms with E-state index < -0.39 is 5.41 Å². The van der Waals surface area contributed by atoms with Gasteiger partial charge in [-0.05, 0) is 25.2 Å². The lowest BCUT2D eigenvalue weighted by atomic mass is 9.61. The minimum Gasteiger partial charge on any atom is -0.409 e. The van der Waals surface area contributed by atoms with E-state index >= 15 is 0 Å². The molecule has 5 nitrogen and oxygen atoms in total. The molecule has 0 saturated heterocycles. The van der Waals surface area contributed by atoms with Gasteiger partial charge in [-0.2, -0.15) is 0 Å². The topological polar surface area (TPSA) is 87.7 Å². The van der Waals surface area contributed by atoms with Gasteiger partial charge in [0.1, 0.15) is 5.41 Å². The molecule has 0 atom stereocenters. The Morgan fingerprint density at radius 2 is 2.27 bits per heavy atom. The van der Waals surface area contributed by atoms with E-state index in [0.717, 1.165) is 6.42 Å². The zero-order valence-electron chi connectivity index (χ0n) is 9.29. The van der Waals surface area contributed by atoms with Gasteiger partial charge in [0.15, 0.2) is 5.84 Å². The lowest BCUT2D eigenvalue weighted by molar-refractivity contribution is -0.133. The van der Waals surface area contributed by atoms with E-state index in [9.17, 15) is 4.79 Å². The Morgan fingerprint density at radius 3 is 2.67 bits per heavy atom. The van der Waals surface area contributed by atoms with Crippen LogP contribution in [0.2, 0.25) is 0 Å². The van der Waals surface area contributed by atoms with Crippen LogP contribution in [0, 0.1) is 11.3 Å². The van der Waals surface area contributed by atoms with E-state index in [2.05, 4.69) is 17.4 Å². The number of nitrogens with zero attached hydrogens (tertiary/aromatic N) is 1. The Bertz CT molecular complexity index is 270. The molecule has 1 fully saturated rings. The molecule has 0 aromatic heterocycles. The summed E-state index contributed by atoms with van der Waals surface area (Å²) in [6.45, 7) is 4.67. The SMILES string of the molecule is CCCNC(=O)C1(C(N)=NO)CC(C)C1. The van der Waals surface area contributed by atoms with Gasteiger partial charge in [0.2, 0.25) is 5.91 Å². The molecular formula is C10H19N3O2. The van der Waals surface area contributed by atoms with Gasteiger partial charge < -0.3 is 16.3 Å². The van der Waals surface area contributed by atoms with Crippen molar-refractivity contribution in [2.75, 3.05) is 6.54 Å². The Morgan fingerprint density at radius 1 is 1.67 bits per heavy atom. The summed E-state index contributed by atoms with van der Waals surface area (Å²) in [5.74, 6) is 0.379. The number of amides is 1. The maximum absolute atomic E-state index is 11.9. The standard InChI is InChI=1S/C10H19N3O2/c1-3-4-12-9(14)10(8(11)13-15)5-7(2)6-10/h7,15H,3-6H2,1-2H3,(H2,11,13)(H,12,14). The number of carbonyl (C=O) groups excluding carboxylic acids is 1. The molecule has 1 amide bonds. The van der Waals surface area contributed by atoms with Gasteiger partial charge >= 0.3 is 0 Å². The highest BCUT2D eigenvalue weighted by atomic mass is 16.4. The van der Waals surface area contributed by atoms with E-state index in [-0.39, 0.29) is 11.7 Å². The molecule has 0 unspecified atom stereocenters. The second kappa shape index (κ2) is 4.51. The van der Waals surface area contributed by atoms with Gasteiger partial charge in [0.05, 0.1) is 0 Å². The molecule has 86 valence electrons. The van der Waals surface area contributed by atoms with Crippen LogP contribution in [0.4, 0.5) is 0 Å². The summed E-state index contributed by atoms with van der Waals surface area (Å²) in [7, 11) is 0. The summed E-state index contributed by atoms with van der Waals surface area (Å²) in [6, 6.07) is 0. The third-order valence-corrected chi connectivity index (χ3v) is 2.96. The molecule has 0 spiro atoms. The fraction of sp³-hybridized carbons (Fsp3) is 0.800. The van der Waals surface area contributed by atoms with E-state index in [1.54, 1.807) is 0 Å². The molecule has 0 aliphatic heterocycles. The average molecular weight is 213 g/mol. The van der Waals surface area contributed by atoms with Crippen LogP contribution in [-0.4, -0.2) is 23.5 Å². The summed E-state index contributed by atoms with van der Waals surface area (Å²) in [5.41, 5.74) is 4.83. The van der Waals surface area contributed by atoms with Crippen molar-refractivity contribution in [3.8, 4) is 0 Å². The first-order valence-corrected chi connectivity index (χ1v) is 5.33. The maximum atomic E-state index is 11.9. The third kappa shape index (κ3) is 2.06. The monoisotopic (exact) mass is 213 g/mol. The summed E-state index contributed by atoms with van der Waals surface area (Å²) in [5, 5.41) is 14.5. The van der Waals surface area contributed by atoms with Gasteiger partial charge in [-0.25, -0.2) is 0 Å². The number of hydrogen-bond donors (Lipinski definition) is 3. The second-order valence-electron chi connectivity index (χ2n) is 4.34. The van der Waals surface area contributed by atoms with Crippen LogP contribution >= 0.6 is 0 Å². The van der Waals surface area contributed by atoms with Crippen molar-refractivity contribution >= 4 is 11.7 Å². The third-order valence-electron chi connectivity index (χ3n) is 2.96. The smallest absolute Gasteiger partial charge is 0.233 e. The van der Waals surface area contributed by atoms with Crippen molar-refractivity contribution < 1.29 is 10.0 Å². The van der Waals surface area contributed by atoms with Gasteiger partial charge in [0, 0.05) is 6.54 Å². The van der Waals surface area contributed by atoms with Crippen LogP contribution in [-0.2, 0) is 4.79 Å². The molecule has 4 N–H and O–H groups in total. The number of rotatable bonds is 4. The maximum Gasteiger partial charge on any atom is 0.233 e. The number of amidine groups is 1. The zero-order valence-corrected chi connectivity index (χ0v) is 9.29. The largest absolute Gasteiger partial charge is 0.409 e. The Balaban J connectivity index is 2.71. The molecular weight excluding hydrogens is 194 g/mol. The number of oxime groups is 1. The Kier molecular flexibility index (Phi) is 3.55. The fourth-order valence-electron chi connectivity index (χ4n) is 2.14. The highest BCUT2D eigenvalue weighted by Gasteiger charge is 2.51. The van der Waals surface area contributed by atoms with Gasteiger partial charge in [-0.15, -0.1) is 0 Å². The first kappa shape index (κ1) is 11.8. The number of hydrogen-bond acceptors (Lipinski definition) is 3. The van der Waals surface area contributed by atoms with E-state index in [1.165, 1.54) is 0 Å². The molecule has 0 aromatic rings. The van der Waals surface area contributed by atoms with Crippen molar-refractivity contribution in [2.45, 2.75) is 33.1 Å². The molecule has 0 bridgehead atoms. The van der Waals surface area contributed by atoms with Crippen LogP contribution in [0.3, 0.4) is 0 Å². The van der Waals surface area contributed by atoms with Crippen LogP contribution in [0.1, 0.15) is 33.1 Å². The first-order chi connectivity index (χ1) is 7.06. The van der Waals surface area contributed by atoms with Crippen LogP contribution in [0.25, 0.3) is 0 Å². The predicted octanol–water partition coefficient (Wildman–Crippen LogP) is 0.675. The van der Waals surface area contributed by atoms with E-state index in [0.29, 0.717) is 25.3 Å². The van der Waals surface area contributed by atoms with Crippen molar-refractivity contribution in [3.05, 3.63) is 0 Å². The number of carbonyl (C=O) groups is 1. The average Bonchev–Trinajstić information content (AvgIpc) is 2.19. The quantitative estimate of drug-likeness (QED) is 0.278. The molecule has 5 heteroatoms. The summed E-state index contributed by atoms with van der Waals surface area (Å²) in [4.78, 5) is 11.9. The summed E-state index contributed by atoms with van der Waals surface area (Å²) < 4.78 is 0. The normalized spacial score (nSPS) is 30.8. The molecule has 0 aromatic carbocycles. The molecule has 0 radical (unpaired) electrons. The van der Waals surface area contributed by atoms with Gasteiger partial charge in [-0.1, -0.05) is 19.0 Å². The lowest BCUT2D eigenvalue weighted by Gasteiger charge is -2.43. The van der Waals surface area contributed by atoms with Crippen molar-refractivity contribution in [3.63, 3.8) is 0 Å². The molecule has 1 saturated carbocycles. The number of nitrogens with one attached hydrogen (secondary N) is 1. The van der Waals surface area contributed by atoms with Crippen LogP contribution in [0.15, 0.2) is 5.16 Å². The summed E-state index contributed by atoms with van der Waals surface area (Å²) >= 11 is 0. The lowest BCUT2D eigenvalue weighted by Crippen LogP contribution is -2.56. The molecule has 1 aliphatic carbocycles. The van der Waals surface area contributed by atoms with Gasteiger partial charge in [0.25, 0.3) is 0 Å². The summed E-state index contributed by atoms with van der Waals surface area (Å²) in [6.07, 6.45) is 2.21. The Hall–Kier alpha value is -1.26. The predicted molar refractivity (Wildman–Crippen MR) is 57.5 cm³/mol. The number of nitrogens with two attached hydrogens (primary N) is 1. The van der Waals surface area contributed by atoms with Crippen molar-refractivity contribution in [2.24, 2.45) is 22.2 Å².